The van der Waals surface area contributed by atoms with Crippen molar-refractivity contribution in [2.24, 2.45) is 11.1 Å². The van der Waals surface area contributed by atoms with E-state index in [9.17, 15) is 4.79 Å². The number of rotatable bonds is 1. The van der Waals surface area contributed by atoms with E-state index >= 15 is 0 Å². The van der Waals surface area contributed by atoms with Crippen molar-refractivity contribution in [3.63, 3.8) is 0 Å². The van der Waals surface area contributed by atoms with Gasteiger partial charge < -0.3 is 10.5 Å². The topological polar surface area (TPSA) is 52.3 Å². The number of ketones is 1. The van der Waals surface area contributed by atoms with E-state index in [1.165, 1.54) is 0 Å². The van der Waals surface area contributed by atoms with Crippen molar-refractivity contribution in [2.45, 2.75) is 25.4 Å². The Morgan fingerprint density at radius 3 is 2.82 bits per heavy atom. The number of hydrogen-bond donors (Lipinski definition) is 1. The van der Waals surface area contributed by atoms with E-state index in [1.54, 1.807) is 0 Å². The zero-order valence-electron chi connectivity index (χ0n) is 6.51. The summed E-state index contributed by atoms with van der Waals surface area (Å²) in [5.41, 5.74) is 5.67. The average molecular weight is 155 g/mol. The Labute approximate surface area is 65.9 Å². The van der Waals surface area contributed by atoms with Gasteiger partial charge in [-0.15, -0.1) is 0 Å². The second-order valence-electron chi connectivity index (χ2n) is 3.77. The minimum atomic E-state index is 0.209. The van der Waals surface area contributed by atoms with E-state index in [-0.39, 0.29) is 11.5 Å². The van der Waals surface area contributed by atoms with Gasteiger partial charge in [0.25, 0.3) is 0 Å². The van der Waals surface area contributed by atoms with Crippen LogP contribution in [-0.2, 0) is 9.53 Å². The van der Waals surface area contributed by atoms with Crippen molar-refractivity contribution in [1.29, 1.82) is 0 Å². The SMILES string of the molecule is NC[C@H]1CC2(CO1)CC(=O)C2. The van der Waals surface area contributed by atoms with Gasteiger partial charge in [-0.2, -0.15) is 0 Å². The summed E-state index contributed by atoms with van der Waals surface area (Å²) >= 11 is 0. The number of ether oxygens (including phenoxy) is 1. The summed E-state index contributed by atoms with van der Waals surface area (Å²) in [5.74, 6) is 0.381. The molecule has 0 aromatic heterocycles. The largest absolute Gasteiger partial charge is 0.376 e. The Balaban J connectivity index is 1.94. The number of carbonyl (C=O) groups is 1. The highest BCUT2D eigenvalue weighted by Gasteiger charge is 2.48. The van der Waals surface area contributed by atoms with Gasteiger partial charge in [-0.3, -0.25) is 4.79 Å². The first-order valence-corrected chi connectivity index (χ1v) is 4.07. The highest BCUT2D eigenvalue weighted by Crippen LogP contribution is 2.46. The molecule has 0 unspecified atom stereocenters. The van der Waals surface area contributed by atoms with Crippen molar-refractivity contribution in [3.05, 3.63) is 0 Å². The molecule has 1 aliphatic heterocycles. The summed E-state index contributed by atoms with van der Waals surface area (Å²) in [6.45, 7) is 1.34. The lowest BCUT2D eigenvalue weighted by atomic mass is 9.67. The van der Waals surface area contributed by atoms with E-state index in [2.05, 4.69) is 0 Å². The predicted molar refractivity (Wildman–Crippen MR) is 40.1 cm³/mol. The smallest absolute Gasteiger partial charge is 0.134 e. The van der Waals surface area contributed by atoms with Gasteiger partial charge in [0.15, 0.2) is 0 Å². The molecule has 1 heterocycles. The third kappa shape index (κ3) is 1.08. The predicted octanol–water partition coefficient (Wildman–Crippen LogP) is 0.0833. The molecule has 1 saturated heterocycles. The molecule has 0 radical (unpaired) electrons. The Morgan fingerprint density at radius 1 is 1.64 bits per heavy atom. The maximum atomic E-state index is 10.8. The Kier molecular flexibility index (Phi) is 1.51. The van der Waals surface area contributed by atoms with Crippen molar-refractivity contribution in [1.82, 2.24) is 0 Å². The third-order valence-electron chi connectivity index (χ3n) is 2.69. The fraction of sp³-hybridized carbons (Fsp3) is 0.875. The van der Waals surface area contributed by atoms with E-state index < -0.39 is 0 Å². The lowest BCUT2D eigenvalue weighted by Crippen LogP contribution is -2.38. The first-order chi connectivity index (χ1) is 5.24. The lowest BCUT2D eigenvalue weighted by molar-refractivity contribution is -0.132. The van der Waals surface area contributed by atoms with E-state index in [0.717, 1.165) is 25.9 Å². The van der Waals surface area contributed by atoms with Crippen LogP contribution in [0.1, 0.15) is 19.3 Å². The lowest BCUT2D eigenvalue weighted by Gasteiger charge is -2.34. The quantitative estimate of drug-likeness (QED) is 0.583. The van der Waals surface area contributed by atoms with Crippen LogP contribution in [0.2, 0.25) is 0 Å². The molecule has 1 saturated carbocycles. The summed E-state index contributed by atoms with van der Waals surface area (Å²) in [7, 11) is 0. The second-order valence-corrected chi connectivity index (χ2v) is 3.77. The summed E-state index contributed by atoms with van der Waals surface area (Å²) in [6.07, 6.45) is 2.66. The highest BCUT2D eigenvalue weighted by atomic mass is 16.5. The van der Waals surface area contributed by atoms with Crippen molar-refractivity contribution in [3.8, 4) is 0 Å². The molecule has 0 aromatic rings. The van der Waals surface area contributed by atoms with Crippen LogP contribution in [0.25, 0.3) is 0 Å². The van der Waals surface area contributed by atoms with Crippen molar-refractivity contribution in [2.75, 3.05) is 13.2 Å². The van der Waals surface area contributed by atoms with Gasteiger partial charge in [0.05, 0.1) is 12.7 Å². The van der Waals surface area contributed by atoms with Crippen LogP contribution in [0.4, 0.5) is 0 Å². The third-order valence-corrected chi connectivity index (χ3v) is 2.69. The molecule has 62 valence electrons. The molecule has 0 amide bonds. The van der Waals surface area contributed by atoms with Gasteiger partial charge in [-0.25, -0.2) is 0 Å². The molecule has 2 rings (SSSR count). The first-order valence-electron chi connectivity index (χ1n) is 4.07. The highest BCUT2D eigenvalue weighted by molar-refractivity contribution is 5.86. The second kappa shape index (κ2) is 2.29. The summed E-state index contributed by atoms with van der Waals surface area (Å²) in [4.78, 5) is 10.8. The molecule has 1 spiro atoms. The Hall–Kier alpha value is -0.410. The van der Waals surface area contributed by atoms with Gasteiger partial charge in [-0.1, -0.05) is 0 Å². The van der Waals surface area contributed by atoms with Crippen LogP contribution in [-0.4, -0.2) is 25.0 Å². The van der Waals surface area contributed by atoms with Crippen molar-refractivity contribution >= 4 is 5.78 Å². The molecule has 0 bridgehead atoms. The standard InChI is InChI=1S/C8H13NO2/c9-4-7-3-8(5-11-7)1-6(10)2-8/h7H,1-5,9H2/t7-/m1/s1. The zero-order chi connectivity index (χ0) is 7.90. The fourth-order valence-corrected chi connectivity index (χ4v) is 2.08. The summed E-state index contributed by atoms with van der Waals surface area (Å²) in [5, 5.41) is 0. The molecule has 11 heavy (non-hydrogen) atoms. The van der Waals surface area contributed by atoms with Crippen LogP contribution in [0.15, 0.2) is 0 Å². The molecule has 3 nitrogen and oxygen atoms in total. The first kappa shape index (κ1) is 7.25. The van der Waals surface area contributed by atoms with Gasteiger partial charge in [0.2, 0.25) is 0 Å². The molecule has 3 heteroatoms. The number of nitrogens with two attached hydrogens (primary N) is 1. The minimum absolute atomic E-state index is 0.209. The van der Waals surface area contributed by atoms with Crippen LogP contribution < -0.4 is 5.73 Å². The van der Waals surface area contributed by atoms with Crippen LogP contribution in [0, 0.1) is 5.41 Å². The monoisotopic (exact) mass is 155 g/mol. The maximum absolute atomic E-state index is 10.8. The van der Waals surface area contributed by atoms with Gasteiger partial charge in [0.1, 0.15) is 5.78 Å². The molecule has 2 aliphatic rings. The van der Waals surface area contributed by atoms with Crippen molar-refractivity contribution < 1.29 is 9.53 Å². The van der Waals surface area contributed by atoms with Crippen LogP contribution >= 0.6 is 0 Å². The fourth-order valence-electron chi connectivity index (χ4n) is 2.08. The summed E-state index contributed by atoms with van der Waals surface area (Å²) in [6, 6.07) is 0. The van der Waals surface area contributed by atoms with Gasteiger partial charge in [-0.05, 0) is 6.42 Å². The Morgan fingerprint density at radius 2 is 2.36 bits per heavy atom. The van der Waals surface area contributed by atoms with Crippen LogP contribution in [0.3, 0.4) is 0 Å². The summed E-state index contributed by atoms with van der Waals surface area (Å²) < 4.78 is 5.43. The van der Waals surface area contributed by atoms with Gasteiger partial charge in [0, 0.05) is 24.8 Å². The average Bonchev–Trinajstić information content (AvgIpc) is 2.31. The number of hydrogen-bond acceptors (Lipinski definition) is 3. The molecule has 0 aromatic carbocycles. The van der Waals surface area contributed by atoms with E-state index in [0.29, 0.717) is 12.3 Å². The maximum Gasteiger partial charge on any atom is 0.134 e. The Bertz CT molecular complexity index is 183. The molecule has 1 aliphatic carbocycles. The number of carbonyl (C=O) groups excluding carboxylic acids is 1. The molecular formula is C8H13NO2. The van der Waals surface area contributed by atoms with Gasteiger partial charge >= 0.3 is 0 Å². The van der Waals surface area contributed by atoms with Crippen LogP contribution in [0.5, 0.6) is 0 Å². The zero-order valence-corrected chi connectivity index (χ0v) is 6.51. The molecule has 2 N–H and O–H groups in total. The van der Waals surface area contributed by atoms with E-state index in [4.69, 9.17) is 10.5 Å². The normalized spacial score (nSPS) is 34.3. The molecule has 2 fully saturated rings. The number of Topliss-reactive ketones (excluding diaryl/α,β-unsaturated/α-hetero) is 1. The van der Waals surface area contributed by atoms with E-state index in [1.807, 2.05) is 0 Å². The minimum Gasteiger partial charge on any atom is -0.376 e. The molecular weight excluding hydrogens is 142 g/mol. The molecule has 1 atom stereocenters.